The first-order valence-electron chi connectivity index (χ1n) is 5.95. The molecule has 2 rings (SSSR count). The molecule has 20 heavy (non-hydrogen) atoms. The molecule has 0 saturated heterocycles. The lowest BCUT2D eigenvalue weighted by molar-refractivity contribution is 0.0946. The lowest BCUT2D eigenvalue weighted by Crippen LogP contribution is -2.24. The Bertz CT molecular complexity index is 656. The minimum absolute atomic E-state index is 0.0624. The van der Waals surface area contributed by atoms with Crippen molar-refractivity contribution >= 4 is 5.91 Å². The Hall–Kier alpha value is -2.30. The Labute approximate surface area is 114 Å². The molecule has 0 aliphatic carbocycles. The fraction of sp³-hybridized carbons (Fsp3) is 0.133. The molecule has 1 N–H and O–H groups in total. The van der Waals surface area contributed by atoms with Crippen LogP contribution in [0.2, 0.25) is 0 Å². The summed E-state index contributed by atoms with van der Waals surface area (Å²) in [6, 6.07) is 7.27. The molecule has 0 saturated carbocycles. The Morgan fingerprint density at radius 1 is 1.05 bits per heavy atom. The van der Waals surface area contributed by atoms with Crippen LogP contribution in [0, 0.1) is 24.4 Å². The van der Waals surface area contributed by atoms with Crippen LogP contribution in [0.4, 0.5) is 13.2 Å². The third kappa shape index (κ3) is 3.17. The van der Waals surface area contributed by atoms with Gasteiger partial charge in [-0.2, -0.15) is 0 Å². The number of amides is 1. The second-order valence-corrected chi connectivity index (χ2v) is 4.39. The second kappa shape index (κ2) is 5.77. The van der Waals surface area contributed by atoms with Gasteiger partial charge in [-0.1, -0.05) is 12.1 Å². The third-order valence-electron chi connectivity index (χ3n) is 2.87. The molecule has 2 aromatic rings. The summed E-state index contributed by atoms with van der Waals surface area (Å²) in [5.41, 5.74) is 0.813. The van der Waals surface area contributed by atoms with Gasteiger partial charge in [0.25, 0.3) is 5.91 Å². The van der Waals surface area contributed by atoms with E-state index in [0.29, 0.717) is 17.2 Å². The fourth-order valence-corrected chi connectivity index (χ4v) is 1.70. The number of carbonyl (C=O) groups is 1. The van der Waals surface area contributed by atoms with Gasteiger partial charge >= 0.3 is 0 Å². The SMILES string of the molecule is Cc1ccc(CNC(=O)c2ccc(F)cc2F)cc1F. The molecule has 1 amide bonds. The van der Waals surface area contributed by atoms with Gasteiger partial charge in [-0.3, -0.25) is 4.79 Å². The van der Waals surface area contributed by atoms with E-state index in [2.05, 4.69) is 5.32 Å². The van der Waals surface area contributed by atoms with Crippen molar-refractivity contribution in [3.8, 4) is 0 Å². The van der Waals surface area contributed by atoms with Crippen LogP contribution in [0.15, 0.2) is 36.4 Å². The van der Waals surface area contributed by atoms with Gasteiger partial charge in [0.05, 0.1) is 5.56 Å². The summed E-state index contributed by atoms with van der Waals surface area (Å²) >= 11 is 0. The predicted octanol–water partition coefficient (Wildman–Crippen LogP) is 3.34. The van der Waals surface area contributed by atoms with E-state index in [0.717, 1.165) is 12.1 Å². The molecule has 0 aliphatic heterocycles. The average Bonchev–Trinajstić information content (AvgIpc) is 2.40. The van der Waals surface area contributed by atoms with E-state index >= 15 is 0 Å². The zero-order valence-electron chi connectivity index (χ0n) is 10.7. The summed E-state index contributed by atoms with van der Waals surface area (Å²) in [7, 11) is 0. The van der Waals surface area contributed by atoms with Crippen LogP contribution in [0.3, 0.4) is 0 Å². The van der Waals surface area contributed by atoms with Gasteiger partial charge in [-0.05, 0) is 36.2 Å². The summed E-state index contributed by atoms with van der Waals surface area (Å²) < 4.78 is 39.4. The number of carbonyl (C=O) groups excluding carboxylic acids is 1. The number of aryl methyl sites for hydroxylation is 1. The molecule has 0 unspecified atom stereocenters. The maximum Gasteiger partial charge on any atom is 0.254 e. The maximum atomic E-state index is 13.4. The number of hydrogen-bond acceptors (Lipinski definition) is 1. The van der Waals surface area contributed by atoms with Crippen LogP contribution in [0.5, 0.6) is 0 Å². The number of benzene rings is 2. The molecule has 5 heteroatoms. The van der Waals surface area contributed by atoms with E-state index in [1.165, 1.54) is 6.07 Å². The minimum Gasteiger partial charge on any atom is -0.348 e. The van der Waals surface area contributed by atoms with Crippen LogP contribution in [0.1, 0.15) is 21.5 Å². The van der Waals surface area contributed by atoms with Crippen molar-refractivity contribution in [2.75, 3.05) is 0 Å². The van der Waals surface area contributed by atoms with Crippen molar-refractivity contribution in [3.63, 3.8) is 0 Å². The van der Waals surface area contributed by atoms with Crippen molar-refractivity contribution in [2.45, 2.75) is 13.5 Å². The van der Waals surface area contributed by atoms with Crippen molar-refractivity contribution < 1.29 is 18.0 Å². The minimum atomic E-state index is -0.933. The van der Waals surface area contributed by atoms with E-state index in [4.69, 9.17) is 0 Å². The first kappa shape index (κ1) is 14.1. The molecule has 2 nitrogen and oxygen atoms in total. The molecule has 104 valence electrons. The molecule has 2 aromatic carbocycles. The lowest BCUT2D eigenvalue weighted by atomic mass is 10.1. The summed E-state index contributed by atoms with van der Waals surface area (Å²) in [4.78, 5) is 11.7. The van der Waals surface area contributed by atoms with Crippen LogP contribution < -0.4 is 5.32 Å². The first-order chi connectivity index (χ1) is 9.47. The molecule has 0 heterocycles. The van der Waals surface area contributed by atoms with Crippen molar-refractivity contribution in [1.29, 1.82) is 0 Å². The Kier molecular flexibility index (Phi) is 4.08. The number of rotatable bonds is 3. The normalized spacial score (nSPS) is 10.4. The Balaban J connectivity index is 2.06. The molecule has 0 aliphatic rings. The standard InChI is InChI=1S/C15H12F3NO/c1-9-2-3-10(6-13(9)17)8-19-15(20)12-5-4-11(16)7-14(12)18/h2-7H,8H2,1H3,(H,19,20). The zero-order valence-corrected chi connectivity index (χ0v) is 10.7. The largest absolute Gasteiger partial charge is 0.348 e. The highest BCUT2D eigenvalue weighted by atomic mass is 19.1. The molecule has 0 fully saturated rings. The maximum absolute atomic E-state index is 13.4. The lowest BCUT2D eigenvalue weighted by Gasteiger charge is -2.07. The van der Waals surface area contributed by atoms with E-state index in [1.54, 1.807) is 19.1 Å². The monoisotopic (exact) mass is 279 g/mol. The average molecular weight is 279 g/mol. The summed E-state index contributed by atoms with van der Waals surface area (Å²) in [5.74, 6) is -2.73. The molecule has 0 aromatic heterocycles. The van der Waals surface area contributed by atoms with Crippen LogP contribution in [-0.2, 0) is 6.54 Å². The van der Waals surface area contributed by atoms with E-state index < -0.39 is 17.5 Å². The smallest absolute Gasteiger partial charge is 0.254 e. The van der Waals surface area contributed by atoms with Crippen LogP contribution in [0.25, 0.3) is 0 Å². The third-order valence-corrected chi connectivity index (χ3v) is 2.87. The molecular formula is C15H12F3NO. The van der Waals surface area contributed by atoms with Gasteiger partial charge in [0, 0.05) is 12.6 Å². The van der Waals surface area contributed by atoms with E-state index in [9.17, 15) is 18.0 Å². The Morgan fingerprint density at radius 2 is 1.80 bits per heavy atom. The van der Waals surface area contributed by atoms with Crippen LogP contribution in [-0.4, -0.2) is 5.91 Å². The van der Waals surface area contributed by atoms with E-state index in [-0.39, 0.29) is 17.9 Å². The quantitative estimate of drug-likeness (QED) is 0.917. The second-order valence-electron chi connectivity index (χ2n) is 4.39. The highest BCUT2D eigenvalue weighted by Gasteiger charge is 2.12. The summed E-state index contributed by atoms with van der Waals surface area (Å²) in [6.45, 7) is 1.69. The van der Waals surface area contributed by atoms with Crippen LogP contribution >= 0.6 is 0 Å². The van der Waals surface area contributed by atoms with Crippen molar-refractivity contribution in [3.05, 3.63) is 70.5 Å². The molecule has 0 radical (unpaired) electrons. The van der Waals surface area contributed by atoms with Crippen molar-refractivity contribution in [1.82, 2.24) is 5.32 Å². The summed E-state index contributed by atoms with van der Waals surface area (Å²) in [6.07, 6.45) is 0. The predicted molar refractivity (Wildman–Crippen MR) is 68.7 cm³/mol. The highest BCUT2D eigenvalue weighted by Crippen LogP contribution is 2.11. The first-order valence-corrected chi connectivity index (χ1v) is 5.95. The topological polar surface area (TPSA) is 29.1 Å². The molecular weight excluding hydrogens is 267 g/mol. The summed E-state index contributed by atoms with van der Waals surface area (Å²) in [5, 5.41) is 2.45. The van der Waals surface area contributed by atoms with Crippen molar-refractivity contribution in [2.24, 2.45) is 0 Å². The molecule has 0 atom stereocenters. The van der Waals surface area contributed by atoms with Gasteiger partial charge in [0.2, 0.25) is 0 Å². The zero-order chi connectivity index (χ0) is 14.7. The Morgan fingerprint density at radius 3 is 2.45 bits per heavy atom. The molecule has 0 bridgehead atoms. The van der Waals surface area contributed by atoms with E-state index in [1.807, 2.05) is 0 Å². The fourth-order valence-electron chi connectivity index (χ4n) is 1.70. The number of hydrogen-bond donors (Lipinski definition) is 1. The van der Waals surface area contributed by atoms with Gasteiger partial charge in [0.1, 0.15) is 17.5 Å². The highest BCUT2D eigenvalue weighted by molar-refractivity contribution is 5.94. The molecule has 0 spiro atoms. The van der Waals surface area contributed by atoms with Gasteiger partial charge in [-0.15, -0.1) is 0 Å². The van der Waals surface area contributed by atoms with Gasteiger partial charge in [0.15, 0.2) is 0 Å². The van der Waals surface area contributed by atoms with Gasteiger partial charge in [-0.25, -0.2) is 13.2 Å². The van der Waals surface area contributed by atoms with Gasteiger partial charge < -0.3 is 5.32 Å². The number of halogens is 3. The number of nitrogens with one attached hydrogen (secondary N) is 1.